The molecule has 1 aromatic rings. The topological polar surface area (TPSA) is 75.8 Å². The highest BCUT2D eigenvalue weighted by atomic mass is 16.5. The van der Waals surface area contributed by atoms with Crippen LogP contribution in [0.2, 0.25) is 0 Å². The molecule has 3 rings (SSSR count). The molecule has 2 fully saturated rings. The molecular formula is C18H26N2O3. The van der Waals surface area contributed by atoms with Crippen LogP contribution in [-0.2, 0) is 11.3 Å². The summed E-state index contributed by atoms with van der Waals surface area (Å²) in [7, 11) is 0. The number of hydrogen-bond donors (Lipinski definition) is 2. The summed E-state index contributed by atoms with van der Waals surface area (Å²) in [5.74, 6) is -0.241. The maximum absolute atomic E-state index is 11.2. The number of carbonyl (C=O) groups is 1. The number of likely N-dealkylation sites (tertiary alicyclic amines) is 1. The molecule has 0 unspecified atom stereocenters. The monoisotopic (exact) mass is 318 g/mol. The fourth-order valence-electron chi connectivity index (χ4n) is 3.89. The van der Waals surface area contributed by atoms with Crippen LogP contribution in [0.5, 0.6) is 0 Å². The Morgan fingerprint density at radius 1 is 1.43 bits per heavy atom. The maximum Gasteiger partial charge on any atom is 0.248 e. The van der Waals surface area contributed by atoms with Gasteiger partial charge in [-0.2, -0.15) is 0 Å². The first-order valence-electron chi connectivity index (χ1n) is 8.40. The number of primary amides is 1. The third kappa shape index (κ3) is 3.57. The Hall–Kier alpha value is -1.43. The van der Waals surface area contributed by atoms with Crippen LogP contribution in [0.15, 0.2) is 24.3 Å². The number of ether oxygens (including phenoxy) is 1. The van der Waals surface area contributed by atoms with Crippen LogP contribution in [0.4, 0.5) is 0 Å². The van der Waals surface area contributed by atoms with Crippen molar-refractivity contribution in [1.82, 2.24) is 4.90 Å². The van der Waals surface area contributed by atoms with E-state index in [4.69, 9.17) is 10.5 Å². The van der Waals surface area contributed by atoms with Crippen molar-refractivity contribution in [2.45, 2.75) is 44.4 Å². The minimum Gasteiger partial charge on any atom is -0.390 e. The van der Waals surface area contributed by atoms with E-state index in [0.717, 1.165) is 25.9 Å². The van der Waals surface area contributed by atoms with Crippen molar-refractivity contribution in [2.24, 2.45) is 11.7 Å². The molecular weight excluding hydrogens is 292 g/mol. The Morgan fingerprint density at radius 3 is 2.83 bits per heavy atom. The van der Waals surface area contributed by atoms with Gasteiger partial charge >= 0.3 is 0 Å². The molecule has 0 bridgehead atoms. The molecule has 23 heavy (non-hydrogen) atoms. The third-order valence-electron chi connectivity index (χ3n) is 5.35. The van der Waals surface area contributed by atoms with E-state index in [1.54, 1.807) is 12.1 Å². The molecule has 126 valence electrons. The number of carbonyl (C=O) groups excluding carboxylic acids is 1. The van der Waals surface area contributed by atoms with Crippen molar-refractivity contribution < 1.29 is 14.6 Å². The van der Waals surface area contributed by atoms with Crippen LogP contribution in [0.3, 0.4) is 0 Å². The van der Waals surface area contributed by atoms with E-state index in [-0.39, 0.29) is 5.92 Å². The van der Waals surface area contributed by atoms with Gasteiger partial charge in [0.25, 0.3) is 0 Å². The zero-order chi connectivity index (χ0) is 16.4. The summed E-state index contributed by atoms with van der Waals surface area (Å²) >= 11 is 0. The first kappa shape index (κ1) is 16.4. The summed E-state index contributed by atoms with van der Waals surface area (Å²) in [5.41, 5.74) is 6.34. The zero-order valence-corrected chi connectivity index (χ0v) is 13.7. The molecule has 2 aliphatic heterocycles. The van der Waals surface area contributed by atoms with E-state index in [1.165, 1.54) is 5.56 Å². The molecule has 0 saturated carbocycles. The second-order valence-corrected chi connectivity index (χ2v) is 7.03. The predicted molar refractivity (Wildman–Crippen MR) is 87.9 cm³/mol. The number of benzene rings is 1. The lowest BCUT2D eigenvalue weighted by Crippen LogP contribution is -2.52. The van der Waals surface area contributed by atoms with Crippen LogP contribution in [0.1, 0.15) is 42.1 Å². The molecule has 2 heterocycles. The van der Waals surface area contributed by atoms with Gasteiger partial charge in [-0.3, -0.25) is 9.69 Å². The summed E-state index contributed by atoms with van der Waals surface area (Å²) in [6.45, 7) is 5.09. The standard InChI is InChI=1S/C18H26N2O3/c1-18(22)8-10-23-12-15(18)16-3-2-9-20(16)11-13-4-6-14(7-5-13)17(19)21/h4-7,15-16,22H,2-3,8-12H2,1H3,(H2,19,21)/t15-,16-,18-/m0/s1. The van der Waals surface area contributed by atoms with Gasteiger partial charge in [-0.25, -0.2) is 0 Å². The zero-order valence-electron chi connectivity index (χ0n) is 13.7. The predicted octanol–water partition coefficient (Wildman–Crippen LogP) is 1.54. The minimum atomic E-state index is -0.651. The van der Waals surface area contributed by atoms with Crippen molar-refractivity contribution in [2.75, 3.05) is 19.8 Å². The molecule has 3 atom stereocenters. The summed E-state index contributed by atoms with van der Waals surface area (Å²) < 4.78 is 5.63. The minimum absolute atomic E-state index is 0.156. The molecule has 2 aliphatic rings. The number of rotatable bonds is 4. The molecule has 3 N–H and O–H groups in total. The molecule has 0 radical (unpaired) electrons. The average molecular weight is 318 g/mol. The van der Waals surface area contributed by atoms with E-state index in [2.05, 4.69) is 4.90 Å². The molecule has 1 aromatic carbocycles. The maximum atomic E-state index is 11.2. The Labute approximate surface area is 137 Å². The van der Waals surface area contributed by atoms with E-state index in [1.807, 2.05) is 19.1 Å². The summed E-state index contributed by atoms with van der Waals surface area (Å²) in [5, 5.41) is 10.7. The first-order chi connectivity index (χ1) is 11.0. The Kier molecular flexibility index (Phi) is 4.71. The van der Waals surface area contributed by atoms with E-state index >= 15 is 0 Å². The van der Waals surface area contributed by atoms with Gasteiger partial charge in [0.05, 0.1) is 12.2 Å². The van der Waals surface area contributed by atoms with Gasteiger partial charge in [0.2, 0.25) is 5.91 Å². The number of amides is 1. The smallest absolute Gasteiger partial charge is 0.248 e. The molecule has 5 heteroatoms. The molecule has 5 nitrogen and oxygen atoms in total. The number of aliphatic hydroxyl groups is 1. The fraction of sp³-hybridized carbons (Fsp3) is 0.611. The van der Waals surface area contributed by atoms with Crippen LogP contribution < -0.4 is 5.73 Å². The van der Waals surface area contributed by atoms with E-state index < -0.39 is 11.5 Å². The molecule has 0 aromatic heterocycles. The quantitative estimate of drug-likeness (QED) is 0.883. The Bertz CT molecular complexity index is 556. The van der Waals surface area contributed by atoms with Crippen LogP contribution >= 0.6 is 0 Å². The normalized spacial score (nSPS) is 32.1. The number of nitrogens with zero attached hydrogens (tertiary/aromatic N) is 1. The highest BCUT2D eigenvalue weighted by Crippen LogP contribution is 2.36. The average Bonchev–Trinajstić information content (AvgIpc) is 2.95. The van der Waals surface area contributed by atoms with Crippen molar-refractivity contribution in [3.8, 4) is 0 Å². The highest BCUT2D eigenvalue weighted by molar-refractivity contribution is 5.92. The molecule has 0 spiro atoms. The van der Waals surface area contributed by atoms with Gasteiger partial charge in [0.1, 0.15) is 0 Å². The van der Waals surface area contributed by atoms with Crippen LogP contribution in [0, 0.1) is 5.92 Å². The Morgan fingerprint density at radius 2 is 2.17 bits per heavy atom. The van der Waals surface area contributed by atoms with Gasteiger partial charge in [-0.1, -0.05) is 12.1 Å². The summed E-state index contributed by atoms with van der Waals surface area (Å²) in [6.07, 6.45) is 2.95. The summed E-state index contributed by atoms with van der Waals surface area (Å²) in [4.78, 5) is 13.6. The first-order valence-corrected chi connectivity index (χ1v) is 8.40. The van der Waals surface area contributed by atoms with Gasteiger partial charge in [0, 0.05) is 30.7 Å². The number of nitrogens with two attached hydrogens (primary N) is 1. The largest absolute Gasteiger partial charge is 0.390 e. The summed E-state index contributed by atoms with van der Waals surface area (Å²) in [6, 6.07) is 7.84. The fourth-order valence-corrected chi connectivity index (χ4v) is 3.89. The van der Waals surface area contributed by atoms with Crippen LogP contribution in [-0.4, -0.2) is 47.3 Å². The lowest BCUT2D eigenvalue weighted by Gasteiger charge is -2.43. The second-order valence-electron chi connectivity index (χ2n) is 7.03. The Balaban J connectivity index is 1.70. The number of hydrogen-bond acceptors (Lipinski definition) is 4. The van der Waals surface area contributed by atoms with Crippen molar-refractivity contribution >= 4 is 5.91 Å². The SMILES string of the molecule is C[C@]1(O)CCOC[C@H]1[C@@H]1CCCN1Cc1ccc(C(N)=O)cc1. The highest BCUT2D eigenvalue weighted by Gasteiger charge is 2.43. The second kappa shape index (κ2) is 6.59. The van der Waals surface area contributed by atoms with Gasteiger partial charge in [-0.05, 0) is 50.4 Å². The van der Waals surface area contributed by atoms with Gasteiger partial charge in [-0.15, -0.1) is 0 Å². The van der Waals surface area contributed by atoms with E-state index in [9.17, 15) is 9.90 Å². The van der Waals surface area contributed by atoms with Crippen molar-refractivity contribution in [3.63, 3.8) is 0 Å². The molecule has 2 saturated heterocycles. The van der Waals surface area contributed by atoms with Gasteiger partial charge in [0.15, 0.2) is 0 Å². The molecule has 1 amide bonds. The third-order valence-corrected chi connectivity index (χ3v) is 5.35. The lowest BCUT2D eigenvalue weighted by molar-refractivity contribution is -0.123. The van der Waals surface area contributed by atoms with Crippen molar-refractivity contribution in [3.05, 3.63) is 35.4 Å². The van der Waals surface area contributed by atoms with E-state index in [0.29, 0.717) is 31.2 Å². The van der Waals surface area contributed by atoms with Crippen molar-refractivity contribution in [1.29, 1.82) is 0 Å². The van der Waals surface area contributed by atoms with Crippen LogP contribution in [0.25, 0.3) is 0 Å². The van der Waals surface area contributed by atoms with Gasteiger partial charge < -0.3 is 15.6 Å². The lowest BCUT2D eigenvalue weighted by atomic mass is 9.79. The molecule has 0 aliphatic carbocycles.